The van der Waals surface area contributed by atoms with Gasteiger partial charge in [0.15, 0.2) is 0 Å². The summed E-state index contributed by atoms with van der Waals surface area (Å²) in [6, 6.07) is 11.2. The van der Waals surface area contributed by atoms with Crippen LogP contribution in [-0.2, 0) is 20.1 Å². The average molecular weight is 351 g/mol. The Labute approximate surface area is 92.2 Å². The smallest absolute Gasteiger partial charge is 0.0916 e. The SMILES string of the molecule is CN1C=CN(c2[c-]cccc2)C1.[Ir]. The van der Waals surface area contributed by atoms with E-state index in [1.54, 1.807) is 0 Å². The van der Waals surface area contributed by atoms with Crippen molar-refractivity contribution in [1.29, 1.82) is 0 Å². The molecule has 0 aliphatic carbocycles. The van der Waals surface area contributed by atoms with E-state index in [9.17, 15) is 0 Å². The van der Waals surface area contributed by atoms with E-state index in [0.717, 1.165) is 12.4 Å². The molecule has 0 aromatic heterocycles. The molecule has 1 heterocycles. The van der Waals surface area contributed by atoms with Crippen LogP contribution in [0.4, 0.5) is 5.69 Å². The third-order valence-electron chi connectivity index (χ3n) is 1.88. The Hall–Kier alpha value is -0.791. The minimum absolute atomic E-state index is 0. The fourth-order valence-corrected chi connectivity index (χ4v) is 1.25. The standard InChI is InChI=1S/C10H11N2.Ir/c1-11-7-8-12(9-11)10-5-3-2-4-6-10;/h2-5,7-8H,9H2,1H3;/q-1;. The van der Waals surface area contributed by atoms with E-state index in [2.05, 4.69) is 41.4 Å². The van der Waals surface area contributed by atoms with Gasteiger partial charge in [-0.25, -0.2) is 0 Å². The first-order valence-corrected chi connectivity index (χ1v) is 3.98. The number of anilines is 1. The molecule has 0 bridgehead atoms. The summed E-state index contributed by atoms with van der Waals surface area (Å²) in [7, 11) is 2.06. The fourth-order valence-electron chi connectivity index (χ4n) is 1.25. The van der Waals surface area contributed by atoms with Crippen LogP contribution in [0.15, 0.2) is 36.7 Å². The van der Waals surface area contributed by atoms with Crippen LogP contribution >= 0.6 is 0 Å². The van der Waals surface area contributed by atoms with E-state index in [-0.39, 0.29) is 20.1 Å². The molecule has 71 valence electrons. The Morgan fingerprint density at radius 3 is 2.69 bits per heavy atom. The first-order valence-electron chi connectivity index (χ1n) is 3.98. The van der Waals surface area contributed by atoms with Gasteiger partial charge in [0, 0.05) is 39.6 Å². The first kappa shape index (κ1) is 10.3. The van der Waals surface area contributed by atoms with Crippen LogP contribution in [0.5, 0.6) is 0 Å². The number of hydrogen-bond acceptors (Lipinski definition) is 2. The quantitative estimate of drug-likeness (QED) is 0.710. The van der Waals surface area contributed by atoms with Crippen LogP contribution in [0.25, 0.3) is 0 Å². The molecule has 1 aliphatic rings. The van der Waals surface area contributed by atoms with Gasteiger partial charge in [-0.1, -0.05) is 5.69 Å². The Morgan fingerprint density at radius 2 is 2.15 bits per heavy atom. The molecule has 0 fully saturated rings. The molecule has 0 unspecified atom stereocenters. The fraction of sp³-hybridized carbons (Fsp3) is 0.200. The van der Waals surface area contributed by atoms with Crippen LogP contribution in [0.2, 0.25) is 0 Å². The second-order valence-electron chi connectivity index (χ2n) is 2.91. The topological polar surface area (TPSA) is 6.48 Å². The summed E-state index contributed by atoms with van der Waals surface area (Å²) in [5.41, 5.74) is 1.12. The van der Waals surface area contributed by atoms with E-state index in [1.165, 1.54) is 0 Å². The molecule has 0 saturated heterocycles. The molecule has 3 heteroatoms. The van der Waals surface area contributed by atoms with E-state index in [1.807, 2.05) is 18.2 Å². The van der Waals surface area contributed by atoms with E-state index in [0.29, 0.717) is 0 Å². The maximum absolute atomic E-state index is 3.18. The minimum atomic E-state index is 0. The molecular weight excluding hydrogens is 340 g/mol. The molecule has 1 aliphatic heterocycles. The molecule has 1 aromatic rings. The molecule has 0 amide bonds. The molecular formula is C10H11IrN2-. The third-order valence-corrected chi connectivity index (χ3v) is 1.88. The van der Waals surface area contributed by atoms with Gasteiger partial charge in [-0.2, -0.15) is 24.3 Å². The largest absolute Gasteiger partial charge is 0.361 e. The van der Waals surface area contributed by atoms with Gasteiger partial charge in [-0.05, 0) is 0 Å². The summed E-state index contributed by atoms with van der Waals surface area (Å²) >= 11 is 0. The van der Waals surface area contributed by atoms with E-state index < -0.39 is 0 Å². The van der Waals surface area contributed by atoms with Gasteiger partial charge >= 0.3 is 0 Å². The number of para-hydroxylation sites is 1. The predicted molar refractivity (Wildman–Crippen MR) is 49.5 cm³/mol. The van der Waals surface area contributed by atoms with Crippen LogP contribution in [-0.4, -0.2) is 18.6 Å². The minimum Gasteiger partial charge on any atom is -0.361 e. The van der Waals surface area contributed by atoms with Gasteiger partial charge in [0.25, 0.3) is 0 Å². The second-order valence-corrected chi connectivity index (χ2v) is 2.91. The maximum Gasteiger partial charge on any atom is 0.0916 e. The molecule has 1 radical (unpaired) electrons. The first-order chi connectivity index (χ1) is 5.86. The van der Waals surface area contributed by atoms with Gasteiger partial charge in [0.2, 0.25) is 0 Å². The van der Waals surface area contributed by atoms with Crippen molar-refractivity contribution in [3.05, 3.63) is 42.7 Å². The van der Waals surface area contributed by atoms with Gasteiger partial charge < -0.3 is 9.80 Å². The third kappa shape index (κ3) is 2.33. The summed E-state index contributed by atoms with van der Waals surface area (Å²) in [5.74, 6) is 0. The summed E-state index contributed by atoms with van der Waals surface area (Å²) in [6.45, 7) is 0.917. The van der Waals surface area contributed by atoms with Crippen molar-refractivity contribution in [3.63, 3.8) is 0 Å². The van der Waals surface area contributed by atoms with Crippen molar-refractivity contribution in [3.8, 4) is 0 Å². The van der Waals surface area contributed by atoms with E-state index >= 15 is 0 Å². The monoisotopic (exact) mass is 352 g/mol. The van der Waals surface area contributed by atoms with Crippen molar-refractivity contribution in [2.45, 2.75) is 0 Å². The molecule has 2 nitrogen and oxygen atoms in total. The van der Waals surface area contributed by atoms with Crippen molar-refractivity contribution >= 4 is 5.69 Å². The molecule has 2 rings (SSSR count). The van der Waals surface area contributed by atoms with Gasteiger partial charge in [-0.3, -0.25) is 0 Å². The number of hydrogen-bond donors (Lipinski definition) is 0. The van der Waals surface area contributed by atoms with E-state index in [4.69, 9.17) is 0 Å². The Bertz CT molecular complexity index is 284. The normalized spacial score (nSPS) is 14.5. The average Bonchev–Trinajstić information content (AvgIpc) is 2.54. The number of nitrogens with zero attached hydrogens (tertiary/aromatic N) is 2. The predicted octanol–water partition coefficient (Wildman–Crippen LogP) is 1.66. The molecule has 0 atom stereocenters. The van der Waals surface area contributed by atoms with Crippen molar-refractivity contribution in [2.75, 3.05) is 18.6 Å². The molecule has 0 saturated carbocycles. The molecule has 0 spiro atoms. The number of rotatable bonds is 1. The molecule has 13 heavy (non-hydrogen) atoms. The zero-order chi connectivity index (χ0) is 8.39. The zero-order valence-corrected chi connectivity index (χ0v) is 9.79. The van der Waals surface area contributed by atoms with Gasteiger partial charge in [-0.15, -0.1) is 6.07 Å². The second kappa shape index (κ2) is 4.45. The Balaban J connectivity index is 0.000000845. The van der Waals surface area contributed by atoms with Crippen LogP contribution in [0.3, 0.4) is 0 Å². The summed E-state index contributed by atoms with van der Waals surface area (Å²) in [5, 5.41) is 0. The van der Waals surface area contributed by atoms with Crippen LogP contribution in [0.1, 0.15) is 0 Å². The Morgan fingerprint density at radius 1 is 1.31 bits per heavy atom. The summed E-state index contributed by atoms with van der Waals surface area (Å²) < 4.78 is 0. The van der Waals surface area contributed by atoms with Crippen LogP contribution in [0, 0.1) is 6.07 Å². The zero-order valence-electron chi connectivity index (χ0n) is 7.40. The maximum atomic E-state index is 3.18. The van der Waals surface area contributed by atoms with Gasteiger partial charge in [0.1, 0.15) is 0 Å². The van der Waals surface area contributed by atoms with Crippen LogP contribution < -0.4 is 4.90 Å². The van der Waals surface area contributed by atoms with Crippen molar-refractivity contribution in [2.24, 2.45) is 0 Å². The van der Waals surface area contributed by atoms with Crippen molar-refractivity contribution in [1.82, 2.24) is 4.90 Å². The number of benzene rings is 1. The molecule has 0 N–H and O–H groups in total. The molecule has 1 aromatic carbocycles. The summed E-state index contributed by atoms with van der Waals surface area (Å²) in [4.78, 5) is 4.28. The summed E-state index contributed by atoms with van der Waals surface area (Å²) in [6.07, 6.45) is 4.12. The Kier molecular flexibility index (Phi) is 3.52. The van der Waals surface area contributed by atoms with Crippen molar-refractivity contribution < 1.29 is 20.1 Å². The van der Waals surface area contributed by atoms with Gasteiger partial charge in [0.05, 0.1) is 6.67 Å².